The van der Waals surface area contributed by atoms with Gasteiger partial charge in [-0.15, -0.1) is 0 Å². The van der Waals surface area contributed by atoms with E-state index in [-0.39, 0.29) is 0 Å². The minimum Gasteiger partial charge on any atom is -0.394 e. The highest BCUT2D eigenvalue weighted by Crippen LogP contribution is 2.36. The van der Waals surface area contributed by atoms with Crippen LogP contribution in [0.5, 0.6) is 0 Å². The van der Waals surface area contributed by atoms with Gasteiger partial charge in [-0.25, -0.2) is 0 Å². The summed E-state index contributed by atoms with van der Waals surface area (Å²) in [5.74, 6) is 0. The summed E-state index contributed by atoms with van der Waals surface area (Å²) in [5, 5.41) is 220. The van der Waals surface area contributed by atoms with Crippen LogP contribution in [-0.2, 0) is 57.8 Å². The van der Waals surface area contributed by atoms with Crippen molar-refractivity contribution in [2.24, 2.45) is 0 Å². The summed E-state index contributed by atoms with van der Waals surface area (Å²) < 4.78 is 86.8. The minimum absolute atomic E-state index is 0.880. The van der Waals surface area contributed by atoms with Crippen LogP contribution in [0.15, 0.2) is 0 Å². The van der Waals surface area contributed by atoms with E-state index in [0.29, 0.717) is 0 Å². The van der Waals surface area contributed by atoms with Crippen LogP contribution in [0.25, 0.3) is 0 Å². The van der Waals surface area contributed by atoms with Gasteiger partial charge in [0.05, 0.1) is 46.2 Å². The molecule has 5 fully saturated rings. The number of aliphatic hydroxyl groups is 21. The first-order chi connectivity index (χ1) is 33.7. The van der Waals surface area contributed by atoms with Crippen molar-refractivity contribution in [1.29, 1.82) is 0 Å². The third kappa shape index (κ3) is 15.0. The number of hydrogen-bond acceptors (Lipinski definition) is 33. The van der Waals surface area contributed by atoms with Gasteiger partial charge in [-0.2, -0.15) is 8.42 Å². The lowest BCUT2D eigenvalue weighted by molar-refractivity contribution is -0.396. The van der Waals surface area contributed by atoms with Crippen molar-refractivity contribution < 1.29 is 172 Å². The largest absolute Gasteiger partial charge is 0.394 e. The predicted molar refractivity (Wildman–Crippen MR) is 216 cm³/mol. The van der Waals surface area contributed by atoms with Gasteiger partial charge in [0.2, 0.25) is 0 Å². The Morgan fingerprint density at radius 3 is 0.889 bits per heavy atom. The zero-order valence-electron chi connectivity index (χ0n) is 37.3. The standard InChI is InChI=1S/C36H64O31.H2O4S/c37-1-8(44)15(46)27(9(45)2-38)63-33-23(54)29(18(49)11(4-40)59-33)65-35-25(56)31(20(51)13(6-42)61-35)67-36-26(57)30(19(50)14(7-43)62-36)66-34-24(55)28(17(48)12(5-41)60-34)64-32-22(53)21(52)16(47)10(3-39)58-32;1-5(2,3)4/h8-57H,1-7H2;(H2,1,2,3,4). The molecule has 5 aliphatic heterocycles. The molecule has 0 aliphatic carbocycles. The molecule has 0 radical (unpaired) electrons. The van der Waals surface area contributed by atoms with Crippen LogP contribution in [0.1, 0.15) is 0 Å². The lowest BCUT2D eigenvalue weighted by atomic mass is 9.95. The van der Waals surface area contributed by atoms with E-state index in [1.54, 1.807) is 0 Å². The van der Waals surface area contributed by atoms with Gasteiger partial charge in [-0.1, -0.05) is 0 Å². The van der Waals surface area contributed by atoms with Crippen molar-refractivity contribution >= 4 is 10.4 Å². The number of hydrogen-bond donors (Lipinski definition) is 23. The Labute approximate surface area is 406 Å². The van der Waals surface area contributed by atoms with E-state index in [4.69, 9.17) is 64.9 Å². The highest BCUT2D eigenvalue weighted by atomic mass is 32.3. The molecule has 5 rings (SSSR count). The second-order valence-corrected chi connectivity index (χ2v) is 17.9. The van der Waals surface area contributed by atoms with Gasteiger partial charge in [0, 0.05) is 0 Å². The normalized spacial score (nSPS) is 45.8. The topological polar surface area (TPSA) is 592 Å². The average Bonchev–Trinajstić information content (AvgIpc) is 3.34. The summed E-state index contributed by atoms with van der Waals surface area (Å²) in [7, 11) is -4.67. The van der Waals surface area contributed by atoms with Gasteiger partial charge < -0.3 is 155 Å². The highest BCUT2D eigenvalue weighted by molar-refractivity contribution is 7.79. The Hall–Kier alpha value is -1.37. The first-order valence-electron chi connectivity index (χ1n) is 21.8. The Morgan fingerprint density at radius 2 is 0.611 bits per heavy atom. The first-order valence-corrected chi connectivity index (χ1v) is 23.2. The summed E-state index contributed by atoms with van der Waals surface area (Å²) >= 11 is 0. The number of rotatable bonds is 20. The Balaban J connectivity index is 0.00000214. The van der Waals surface area contributed by atoms with E-state index in [2.05, 4.69) is 0 Å². The molecule has 23 N–H and O–H groups in total. The summed E-state index contributed by atoms with van der Waals surface area (Å²) in [5.41, 5.74) is 0. The molecule has 0 aromatic rings. The van der Waals surface area contributed by atoms with Crippen molar-refractivity contribution in [3.63, 3.8) is 0 Å². The summed E-state index contributed by atoms with van der Waals surface area (Å²) in [4.78, 5) is 0. The zero-order chi connectivity index (χ0) is 54.3. The third-order valence-electron chi connectivity index (χ3n) is 12.1. The van der Waals surface area contributed by atoms with E-state index in [9.17, 15) is 107 Å². The third-order valence-corrected chi connectivity index (χ3v) is 12.1. The van der Waals surface area contributed by atoms with Crippen molar-refractivity contribution in [2.75, 3.05) is 46.2 Å². The summed E-state index contributed by atoms with van der Waals surface area (Å²) in [6.45, 7) is -7.16. The molecule has 29 atom stereocenters. The van der Waals surface area contributed by atoms with Gasteiger partial charge in [-0.05, 0) is 0 Å². The van der Waals surface area contributed by atoms with Crippen LogP contribution >= 0.6 is 0 Å². The van der Waals surface area contributed by atoms with Crippen molar-refractivity contribution in [1.82, 2.24) is 0 Å². The van der Waals surface area contributed by atoms with E-state index >= 15 is 0 Å². The average molecular weight is 1090 g/mol. The molecule has 35 nitrogen and oxygen atoms in total. The van der Waals surface area contributed by atoms with E-state index in [1.165, 1.54) is 0 Å². The lowest BCUT2D eigenvalue weighted by Gasteiger charge is -2.50. The first kappa shape index (κ1) is 63.2. The maximum absolute atomic E-state index is 11.5. The molecule has 72 heavy (non-hydrogen) atoms. The van der Waals surface area contributed by atoms with Gasteiger partial charge in [0.25, 0.3) is 0 Å². The molecule has 5 aliphatic rings. The number of ether oxygens (including phenoxy) is 10. The molecule has 5 saturated heterocycles. The minimum atomic E-state index is -4.67. The van der Waals surface area contributed by atoms with Crippen molar-refractivity contribution in [3.05, 3.63) is 0 Å². The molecule has 0 amide bonds. The summed E-state index contributed by atoms with van der Waals surface area (Å²) in [6.07, 6.45) is -57.9. The quantitative estimate of drug-likeness (QED) is 0.0503. The second-order valence-electron chi connectivity index (χ2n) is 17.0. The molecule has 0 saturated carbocycles. The molecule has 36 heteroatoms. The van der Waals surface area contributed by atoms with Crippen molar-refractivity contribution in [3.8, 4) is 0 Å². The van der Waals surface area contributed by atoms with Gasteiger partial charge in [0.15, 0.2) is 31.5 Å². The van der Waals surface area contributed by atoms with Crippen LogP contribution in [0.4, 0.5) is 0 Å². The van der Waals surface area contributed by atoms with Gasteiger partial charge in [0.1, 0.15) is 146 Å². The molecule has 0 aromatic heterocycles. The van der Waals surface area contributed by atoms with Crippen LogP contribution in [-0.4, -0.2) is 349 Å². The monoisotopic (exact) mass is 1090 g/mol. The molecule has 0 aromatic carbocycles. The van der Waals surface area contributed by atoms with Gasteiger partial charge in [-0.3, -0.25) is 9.11 Å². The molecule has 29 unspecified atom stereocenters. The zero-order valence-corrected chi connectivity index (χ0v) is 38.1. The molecule has 0 spiro atoms. The molecule has 426 valence electrons. The maximum atomic E-state index is 11.5. The van der Waals surface area contributed by atoms with Gasteiger partial charge >= 0.3 is 10.4 Å². The van der Waals surface area contributed by atoms with E-state index < -0.39 is 235 Å². The molecular formula is C36H66O35S. The van der Waals surface area contributed by atoms with E-state index in [0.717, 1.165) is 0 Å². The predicted octanol–water partition coefficient (Wildman–Crippen LogP) is -15.1. The fourth-order valence-electron chi connectivity index (χ4n) is 8.09. The van der Waals surface area contributed by atoms with E-state index in [1.807, 2.05) is 0 Å². The maximum Gasteiger partial charge on any atom is 0.394 e. The Kier molecular flexibility index (Phi) is 24.4. The Morgan fingerprint density at radius 1 is 0.361 bits per heavy atom. The van der Waals surface area contributed by atoms with Crippen LogP contribution in [0.2, 0.25) is 0 Å². The fraction of sp³-hybridized carbons (Fsp3) is 1.00. The van der Waals surface area contributed by atoms with Crippen LogP contribution in [0.3, 0.4) is 0 Å². The fourth-order valence-corrected chi connectivity index (χ4v) is 8.09. The molecule has 0 bridgehead atoms. The molecule has 5 heterocycles. The second kappa shape index (κ2) is 27.8. The summed E-state index contributed by atoms with van der Waals surface area (Å²) in [6, 6.07) is 0. The van der Waals surface area contributed by atoms with Crippen molar-refractivity contribution in [2.45, 2.75) is 178 Å². The molecular weight excluding hydrogens is 1020 g/mol. The smallest absolute Gasteiger partial charge is 0.394 e. The lowest BCUT2D eigenvalue weighted by Crippen LogP contribution is -2.68. The van der Waals surface area contributed by atoms with Crippen LogP contribution < -0.4 is 0 Å². The Bertz CT molecular complexity index is 1680. The number of aliphatic hydroxyl groups excluding tert-OH is 21. The highest BCUT2D eigenvalue weighted by Gasteiger charge is 2.57. The van der Waals surface area contributed by atoms with Crippen LogP contribution in [0, 0.1) is 0 Å². The SMILES string of the molecule is O=S(=O)(O)O.OCC(O)C(O)C(OC1OC(CO)C(O)C(OC2OC(CO)C(O)C(OC3OC(CO)C(O)C(OC4OC(CO)C(O)C(OC5OC(CO)C(O)C(O)C5O)C4O)C3O)C2O)C1O)C(O)CO.